The van der Waals surface area contributed by atoms with E-state index in [1.54, 1.807) is 0 Å². The molecule has 1 heterocycles. The third-order valence-corrected chi connectivity index (χ3v) is 7.39. The number of esters is 1. The van der Waals surface area contributed by atoms with E-state index in [1.165, 1.54) is 24.0 Å². The summed E-state index contributed by atoms with van der Waals surface area (Å²) < 4.78 is 5.80. The molecule has 3 aliphatic carbocycles. The summed E-state index contributed by atoms with van der Waals surface area (Å²) in [5.41, 5.74) is 3.02. The highest BCUT2D eigenvalue weighted by atomic mass is 16.6. The zero-order valence-corrected chi connectivity index (χ0v) is 14.2. The first kappa shape index (κ1) is 14.1. The lowest BCUT2D eigenvalue weighted by Crippen LogP contribution is -2.20. The van der Waals surface area contributed by atoms with Gasteiger partial charge in [0.05, 0.1) is 6.42 Å². The second kappa shape index (κ2) is 4.55. The van der Waals surface area contributed by atoms with Gasteiger partial charge in [0, 0.05) is 17.3 Å². The summed E-state index contributed by atoms with van der Waals surface area (Å²) in [7, 11) is 0. The lowest BCUT2D eigenvalue weighted by molar-refractivity contribution is -0.146. The zero-order chi connectivity index (χ0) is 16.6. The normalized spacial score (nSPS) is 39.4. The Morgan fingerprint density at radius 1 is 0.840 bits per heavy atom. The number of hydrogen-bond donors (Lipinski definition) is 0. The molecule has 25 heavy (non-hydrogen) atoms. The molecule has 4 fully saturated rings. The Kier molecular flexibility index (Phi) is 2.57. The highest BCUT2D eigenvalue weighted by Crippen LogP contribution is 2.75. The van der Waals surface area contributed by atoms with Gasteiger partial charge >= 0.3 is 5.97 Å². The molecule has 0 radical (unpaired) electrons. The van der Waals surface area contributed by atoms with Gasteiger partial charge in [-0.05, 0) is 42.2 Å². The van der Waals surface area contributed by atoms with E-state index in [4.69, 9.17) is 4.74 Å². The van der Waals surface area contributed by atoms with Gasteiger partial charge in [0.15, 0.2) is 0 Å². The van der Waals surface area contributed by atoms with Crippen LogP contribution in [0.25, 0.3) is 0 Å². The molecule has 1 saturated heterocycles. The van der Waals surface area contributed by atoms with Crippen LogP contribution in [-0.2, 0) is 14.9 Å². The first-order valence-corrected chi connectivity index (χ1v) is 9.57. The molecule has 0 aromatic heterocycles. The summed E-state index contributed by atoms with van der Waals surface area (Å²) in [5, 5.41) is 0. The summed E-state index contributed by atoms with van der Waals surface area (Å²) in [6, 6.07) is 22.0. The molecule has 2 nitrogen and oxygen atoms in total. The summed E-state index contributed by atoms with van der Waals surface area (Å²) in [5.74, 6) is 2.59. The highest BCUT2D eigenvalue weighted by Gasteiger charge is 2.76. The van der Waals surface area contributed by atoms with Gasteiger partial charge in [-0.1, -0.05) is 60.7 Å². The van der Waals surface area contributed by atoms with E-state index in [0.717, 1.165) is 12.3 Å². The van der Waals surface area contributed by atoms with Gasteiger partial charge in [-0.2, -0.15) is 0 Å². The number of fused-ring (bicyclic) bond motifs is 1. The van der Waals surface area contributed by atoms with E-state index in [0.29, 0.717) is 24.2 Å². The Morgan fingerprint density at radius 3 is 2.04 bits per heavy atom. The van der Waals surface area contributed by atoms with E-state index in [1.807, 2.05) is 0 Å². The Hall–Kier alpha value is -2.09. The standard InChI is InChI=1S/C23H22O2/c24-21-11-17-13-23(17,25-21)19-12-18(19)20-14-22(20,15-7-3-1-4-8-15)16-9-5-2-6-10-16/h1-10,17-20H,11-14H2. The van der Waals surface area contributed by atoms with Crippen LogP contribution in [0.3, 0.4) is 0 Å². The Labute approximate surface area is 148 Å². The van der Waals surface area contributed by atoms with Gasteiger partial charge in [-0.25, -0.2) is 0 Å². The Balaban J connectivity index is 1.32. The largest absolute Gasteiger partial charge is 0.458 e. The molecule has 2 aromatic rings. The summed E-state index contributed by atoms with van der Waals surface area (Å²) in [4.78, 5) is 11.7. The molecular weight excluding hydrogens is 308 g/mol. The topological polar surface area (TPSA) is 26.3 Å². The van der Waals surface area contributed by atoms with E-state index < -0.39 is 0 Å². The van der Waals surface area contributed by atoms with Crippen molar-refractivity contribution in [3.63, 3.8) is 0 Å². The summed E-state index contributed by atoms with van der Waals surface area (Å²) in [6.07, 6.45) is 4.26. The number of benzene rings is 2. The number of carbonyl (C=O) groups excluding carboxylic acids is 1. The van der Waals surface area contributed by atoms with Crippen molar-refractivity contribution in [2.75, 3.05) is 0 Å². The second-order valence-corrected chi connectivity index (χ2v) is 8.55. The quantitative estimate of drug-likeness (QED) is 0.780. The average Bonchev–Trinajstić information content (AvgIpc) is 3.55. The maximum atomic E-state index is 11.7. The van der Waals surface area contributed by atoms with Crippen molar-refractivity contribution in [3.05, 3.63) is 71.8 Å². The van der Waals surface area contributed by atoms with Gasteiger partial charge in [0.2, 0.25) is 0 Å². The molecule has 1 aliphatic heterocycles. The van der Waals surface area contributed by atoms with Crippen molar-refractivity contribution in [2.45, 2.75) is 36.7 Å². The zero-order valence-electron chi connectivity index (χ0n) is 14.2. The van der Waals surface area contributed by atoms with Gasteiger partial charge in [-0.15, -0.1) is 0 Å². The summed E-state index contributed by atoms with van der Waals surface area (Å²) in [6.45, 7) is 0. The van der Waals surface area contributed by atoms with Crippen LogP contribution in [-0.4, -0.2) is 11.6 Å². The van der Waals surface area contributed by atoms with Crippen molar-refractivity contribution >= 4 is 5.97 Å². The number of ether oxygens (including phenoxy) is 1. The summed E-state index contributed by atoms with van der Waals surface area (Å²) >= 11 is 0. The van der Waals surface area contributed by atoms with E-state index in [-0.39, 0.29) is 17.0 Å². The highest BCUT2D eigenvalue weighted by molar-refractivity contribution is 5.75. The molecule has 0 amide bonds. The number of hydrogen-bond acceptors (Lipinski definition) is 2. The molecule has 126 valence electrons. The molecule has 5 unspecified atom stereocenters. The minimum Gasteiger partial charge on any atom is -0.458 e. The fourth-order valence-electron chi connectivity index (χ4n) is 6.01. The molecular formula is C23H22O2. The van der Waals surface area contributed by atoms with Gasteiger partial charge in [0.1, 0.15) is 5.60 Å². The fourth-order valence-corrected chi connectivity index (χ4v) is 6.01. The predicted octanol–water partition coefficient (Wildman–Crippen LogP) is 4.33. The van der Waals surface area contributed by atoms with Crippen LogP contribution < -0.4 is 0 Å². The average molecular weight is 330 g/mol. The third kappa shape index (κ3) is 1.83. The maximum Gasteiger partial charge on any atom is 0.306 e. The molecule has 4 aliphatic rings. The molecule has 2 heteroatoms. The lowest BCUT2D eigenvalue weighted by Gasteiger charge is -2.20. The van der Waals surface area contributed by atoms with Crippen molar-refractivity contribution in [2.24, 2.45) is 23.7 Å². The minimum absolute atomic E-state index is 0.0371. The molecule has 3 saturated carbocycles. The second-order valence-electron chi connectivity index (χ2n) is 8.55. The van der Waals surface area contributed by atoms with Crippen molar-refractivity contribution in [1.82, 2.24) is 0 Å². The molecule has 6 rings (SSSR count). The predicted molar refractivity (Wildman–Crippen MR) is 94.9 cm³/mol. The molecule has 0 bridgehead atoms. The maximum absolute atomic E-state index is 11.7. The third-order valence-electron chi connectivity index (χ3n) is 7.39. The van der Waals surface area contributed by atoms with E-state index >= 15 is 0 Å². The SMILES string of the molecule is O=C1CC2CC2(C2CC2C2CC2(c2ccccc2)c2ccccc2)O1. The van der Waals surface area contributed by atoms with Crippen LogP contribution in [0.15, 0.2) is 60.7 Å². The smallest absolute Gasteiger partial charge is 0.306 e. The minimum atomic E-state index is -0.0521. The van der Waals surface area contributed by atoms with Crippen molar-refractivity contribution < 1.29 is 9.53 Å². The molecule has 2 aromatic carbocycles. The molecule has 5 atom stereocenters. The lowest BCUT2D eigenvalue weighted by atomic mass is 9.84. The van der Waals surface area contributed by atoms with Crippen LogP contribution in [0.5, 0.6) is 0 Å². The first-order chi connectivity index (χ1) is 12.2. The fraction of sp³-hybridized carbons (Fsp3) is 0.435. The Morgan fingerprint density at radius 2 is 1.48 bits per heavy atom. The van der Waals surface area contributed by atoms with Gasteiger partial charge in [-0.3, -0.25) is 4.79 Å². The van der Waals surface area contributed by atoms with Crippen LogP contribution >= 0.6 is 0 Å². The van der Waals surface area contributed by atoms with Gasteiger partial charge < -0.3 is 4.74 Å². The van der Waals surface area contributed by atoms with Crippen LogP contribution in [0, 0.1) is 23.7 Å². The van der Waals surface area contributed by atoms with Crippen molar-refractivity contribution in [1.29, 1.82) is 0 Å². The Bertz CT molecular complexity index is 803. The monoisotopic (exact) mass is 330 g/mol. The molecule has 0 spiro atoms. The molecule has 0 N–H and O–H groups in total. The first-order valence-electron chi connectivity index (χ1n) is 9.57. The van der Waals surface area contributed by atoms with Crippen molar-refractivity contribution in [3.8, 4) is 0 Å². The van der Waals surface area contributed by atoms with E-state index in [9.17, 15) is 4.79 Å². The van der Waals surface area contributed by atoms with Crippen LogP contribution in [0.1, 0.15) is 36.8 Å². The number of carbonyl (C=O) groups is 1. The van der Waals surface area contributed by atoms with Gasteiger partial charge in [0.25, 0.3) is 0 Å². The van der Waals surface area contributed by atoms with Crippen LogP contribution in [0.2, 0.25) is 0 Å². The van der Waals surface area contributed by atoms with E-state index in [2.05, 4.69) is 60.7 Å². The van der Waals surface area contributed by atoms with Crippen LogP contribution in [0.4, 0.5) is 0 Å². The number of rotatable bonds is 4.